The van der Waals surface area contributed by atoms with Gasteiger partial charge in [0.1, 0.15) is 12.4 Å². The topological polar surface area (TPSA) is 46.3 Å². The zero-order valence-corrected chi connectivity index (χ0v) is 22.3. The first-order valence-corrected chi connectivity index (χ1v) is 15.0. The maximum Gasteiger partial charge on any atom is 0.231 e. The van der Waals surface area contributed by atoms with E-state index in [0.29, 0.717) is 11.8 Å². The van der Waals surface area contributed by atoms with Crippen molar-refractivity contribution in [2.75, 3.05) is 25.4 Å². The second-order valence-electron chi connectivity index (χ2n) is 11.6. The van der Waals surface area contributed by atoms with Crippen molar-refractivity contribution < 1.29 is 18.4 Å². The Balaban J connectivity index is 1.19. The number of hydrogen-bond donors (Lipinski definition) is 1. The van der Waals surface area contributed by atoms with Gasteiger partial charge in [0.05, 0.1) is 25.8 Å². The summed E-state index contributed by atoms with van der Waals surface area (Å²) in [6.07, 6.45) is 9.91. The van der Waals surface area contributed by atoms with Gasteiger partial charge in [0, 0.05) is 35.3 Å². The van der Waals surface area contributed by atoms with Crippen LogP contribution in [0, 0.1) is 23.6 Å². The zero-order valence-electron chi connectivity index (χ0n) is 21.5. The number of fused-ring (bicyclic) bond motifs is 3. The van der Waals surface area contributed by atoms with Gasteiger partial charge in [0.15, 0.2) is 11.4 Å². The van der Waals surface area contributed by atoms with Gasteiger partial charge in [-0.3, -0.25) is 0 Å². The van der Waals surface area contributed by atoms with Crippen molar-refractivity contribution in [2.45, 2.75) is 62.0 Å². The molecular weight excluding hydrogens is 483 g/mol. The summed E-state index contributed by atoms with van der Waals surface area (Å²) in [7, 11) is 0. The van der Waals surface area contributed by atoms with Crippen LogP contribution in [0.5, 0.6) is 0 Å². The molecule has 1 unspecified atom stereocenters. The summed E-state index contributed by atoms with van der Waals surface area (Å²) in [5.74, 6) is 3.83. The standard InChI is InChI=1S/C31H38FN2O2S/c32-27-11-13-29(14-12-27)37-22-24-20-34(17-15-23(24)16-18-34)21-28-19-33-30(36-28)31(35,25-7-3-1-4-8-25)26-9-5-2-6-10-26/h1,3-4,7-8,11-14,19,23-24,26,35H,2,5-6,9-10,15-18,20-22H2/q+1/t23?,24?,31-,34?/m0/s1. The molecule has 2 bridgehead atoms. The lowest BCUT2D eigenvalue weighted by atomic mass is 9.73. The summed E-state index contributed by atoms with van der Waals surface area (Å²) in [4.78, 5) is 5.87. The van der Waals surface area contributed by atoms with Gasteiger partial charge in [-0.15, -0.1) is 11.8 Å². The zero-order chi connectivity index (χ0) is 25.3. The van der Waals surface area contributed by atoms with Gasteiger partial charge < -0.3 is 14.0 Å². The number of rotatable bonds is 8. The normalized spacial score (nSPS) is 27.7. The molecule has 4 heterocycles. The molecule has 4 nitrogen and oxygen atoms in total. The van der Waals surface area contributed by atoms with Gasteiger partial charge in [-0.25, -0.2) is 9.37 Å². The number of piperidine rings is 3. The van der Waals surface area contributed by atoms with Gasteiger partial charge in [0.25, 0.3) is 0 Å². The van der Waals surface area contributed by atoms with Crippen molar-refractivity contribution in [1.29, 1.82) is 0 Å². The van der Waals surface area contributed by atoms with Crippen LogP contribution in [-0.2, 0) is 12.1 Å². The molecule has 4 fully saturated rings. The third kappa shape index (κ3) is 5.13. The molecule has 4 aliphatic rings. The quantitative estimate of drug-likeness (QED) is 0.262. The van der Waals surface area contributed by atoms with Crippen molar-refractivity contribution in [3.05, 3.63) is 83.8 Å². The second kappa shape index (κ2) is 10.5. The second-order valence-corrected chi connectivity index (χ2v) is 12.7. The molecule has 7 rings (SSSR count). The maximum atomic E-state index is 13.3. The smallest absolute Gasteiger partial charge is 0.231 e. The summed E-state index contributed by atoms with van der Waals surface area (Å²) in [6.45, 7) is 4.36. The van der Waals surface area contributed by atoms with Gasteiger partial charge in [-0.05, 0) is 48.6 Å². The number of quaternary nitrogens is 1. The Kier molecular flexibility index (Phi) is 7.17. The Bertz CT molecular complexity index is 1170. The summed E-state index contributed by atoms with van der Waals surface area (Å²) < 4.78 is 20.8. The van der Waals surface area contributed by atoms with E-state index in [1.54, 1.807) is 12.1 Å². The maximum absolute atomic E-state index is 13.3. The Morgan fingerprint density at radius 2 is 1.70 bits per heavy atom. The van der Waals surface area contributed by atoms with Crippen LogP contribution >= 0.6 is 11.8 Å². The summed E-state index contributed by atoms with van der Waals surface area (Å²) in [5, 5.41) is 12.2. The van der Waals surface area contributed by atoms with Crippen LogP contribution in [0.15, 0.2) is 70.1 Å². The van der Waals surface area contributed by atoms with Crippen molar-refractivity contribution in [2.24, 2.45) is 17.8 Å². The van der Waals surface area contributed by atoms with Crippen LogP contribution in [0.25, 0.3) is 0 Å². The fourth-order valence-corrected chi connectivity index (χ4v) is 8.33. The number of oxazole rings is 1. The van der Waals surface area contributed by atoms with Crippen molar-refractivity contribution in [3.8, 4) is 0 Å². The molecule has 1 aromatic heterocycles. The number of benzene rings is 2. The lowest BCUT2D eigenvalue weighted by Gasteiger charge is -2.52. The Labute approximate surface area is 223 Å². The highest BCUT2D eigenvalue weighted by molar-refractivity contribution is 7.99. The molecule has 0 radical (unpaired) electrons. The minimum Gasteiger partial charge on any atom is -0.436 e. The van der Waals surface area contributed by atoms with Crippen LogP contribution in [0.3, 0.4) is 0 Å². The lowest BCUT2D eigenvalue weighted by Crippen LogP contribution is -2.61. The predicted octanol–water partition coefficient (Wildman–Crippen LogP) is 6.78. The SMILES string of the molecule is O[C@](c1ccccc1)(c1ncc(C[N+]23CCC(CC2)C(CSc2ccc(F)cc2)C3)o1)C1CCCCC1. The molecule has 3 aliphatic heterocycles. The molecule has 0 spiro atoms. The van der Waals surface area contributed by atoms with Crippen molar-refractivity contribution >= 4 is 11.8 Å². The average molecular weight is 522 g/mol. The van der Waals surface area contributed by atoms with E-state index in [4.69, 9.17) is 9.40 Å². The van der Waals surface area contributed by atoms with E-state index in [0.717, 1.165) is 71.1 Å². The molecule has 1 N–H and O–H groups in total. The van der Waals surface area contributed by atoms with E-state index in [2.05, 4.69) is 0 Å². The third-order valence-electron chi connectivity index (χ3n) is 9.30. The minimum absolute atomic E-state index is 0.126. The first-order valence-electron chi connectivity index (χ1n) is 14.0. The molecule has 2 atom stereocenters. The first kappa shape index (κ1) is 25.1. The Hall–Kier alpha value is -2.15. The summed E-state index contributed by atoms with van der Waals surface area (Å²) >= 11 is 1.86. The largest absolute Gasteiger partial charge is 0.436 e. The van der Waals surface area contributed by atoms with Crippen molar-refractivity contribution in [3.63, 3.8) is 0 Å². The minimum atomic E-state index is -1.18. The number of aromatic nitrogens is 1. The number of nitrogens with zero attached hydrogens (tertiary/aromatic N) is 2. The summed E-state index contributed by atoms with van der Waals surface area (Å²) in [5.41, 5.74) is -0.289. The molecular formula is C31H38FN2O2S+. The number of thioether (sulfide) groups is 1. The molecule has 6 heteroatoms. The summed E-state index contributed by atoms with van der Waals surface area (Å²) in [6, 6.07) is 16.9. The van der Waals surface area contributed by atoms with E-state index in [1.807, 2.05) is 60.4 Å². The van der Waals surface area contributed by atoms with Gasteiger partial charge in [-0.1, -0.05) is 49.6 Å². The fourth-order valence-electron chi connectivity index (χ4n) is 7.22. The lowest BCUT2D eigenvalue weighted by molar-refractivity contribution is -0.959. The van der Waals surface area contributed by atoms with Gasteiger partial charge in [-0.2, -0.15) is 0 Å². The van der Waals surface area contributed by atoms with Gasteiger partial charge >= 0.3 is 0 Å². The van der Waals surface area contributed by atoms with Crippen LogP contribution in [0.1, 0.15) is 62.2 Å². The number of halogens is 1. The highest BCUT2D eigenvalue weighted by Crippen LogP contribution is 2.45. The highest BCUT2D eigenvalue weighted by atomic mass is 32.2. The predicted molar refractivity (Wildman–Crippen MR) is 144 cm³/mol. The molecule has 3 aromatic rings. The van der Waals surface area contributed by atoms with E-state index in [9.17, 15) is 9.50 Å². The van der Waals surface area contributed by atoms with Crippen LogP contribution < -0.4 is 0 Å². The molecule has 1 aliphatic carbocycles. The number of hydrogen-bond acceptors (Lipinski definition) is 4. The molecule has 37 heavy (non-hydrogen) atoms. The molecule has 2 aromatic carbocycles. The van der Waals surface area contributed by atoms with Gasteiger partial charge in [0.2, 0.25) is 5.89 Å². The van der Waals surface area contributed by atoms with E-state index < -0.39 is 5.60 Å². The Morgan fingerprint density at radius 3 is 2.43 bits per heavy atom. The first-order chi connectivity index (χ1) is 18.0. The van der Waals surface area contributed by atoms with E-state index >= 15 is 0 Å². The van der Waals surface area contributed by atoms with Crippen LogP contribution in [-0.4, -0.2) is 40.0 Å². The fraction of sp³-hybridized carbons (Fsp3) is 0.516. The third-order valence-corrected chi connectivity index (χ3v) is 10.5. The highest BCUT2D eigenvalue weighted by Gasteiger charge is 2.48. The molecule has 3 saturated heterocycles. The van der Waals surface area contributed by atoms with Crippen LogP contribution in [0.4, 0.5) is 4.39 Å². The molecule has 1 saturated carbocycles. The van der Waals surface area contributed by atoms with Crippen molar-refractivity contribution in [1.82, 2.24) is 4.98 Å². The molecule has 196 valence electrons. The average Bonchev–Trinajstić information content (AvgIpc) is 3.42. The van der Waals surface area contributed by atoms with Crippen LogP contribution in [0.2, 0.25) is 0 Å². The van der Waals surface area contributed by atoms with E-state index in [1.165, 1.54) is 32.4 Å². The van der Waals surface area contributed by atoms with E-state index in [-0.39, 0.29) is 11.7 Å². The monoisotopic (exact) mass is 521 g/mol. The molecule has 0 amide bonds. The number of aliphatic hydroxyl groups is 1. The Morgan fingerprint density at radius 1 is 0.973 bits per heavy atom.